The van der Waals surface area contributed by atoms with Crippen LogP contribution in [0.3, 0.4) is 0 Å². The summed E-state index contributed by atoms with van der Waals surface area (Å²) in [5.41, 5.74) is 4.95. The monoisotopic (exact) mass is 323 g/mol. The Labute approximate surface area is 139 Å². The second-order valence-electron chi connectivity index (χ2n) is 6.57. The minimum Gasteiger partial charge on any atom is -0.454 e. The molecule has 0 radical (unpaired) electrons. The van der Waals surface area contributed by atoms with Gasteiger partial charge in [-0.3, -0.25) is 0 Å². The van der Waals surface area contributed by atoms with Crippen molar-refractivity contribution in [3.8, 4) is 11.5 Å². The highest BCUT2D eigenvalue weighted by Crippen LogP contribution is 2.41. The zero-order valence-corrected chi connectivity index (χ0v) is 13.3. The van der Waals surface area contributed by atoms with Gasteiger partial charge in [0, 0.05) is 23.7 Å². The van der Waals surface area contributed by atoms with Gasteiger partial charge in [0.1, 0.15) is 5.82 Å². The third-order valence-electron chi connectivity index (χ3n) is 5.10. The van der Waals surface area contributed by atoms with Gasteiger partial charge < -0.3 is 14.0 Å². The van der Waals surface area contributed by atoms with Crippen LogP contribution >= 0.6 is 0 Å². The Morgan fingerprint density at radius 1 is 1.00 bits per heavy atom. The van der Waals surface area contributed by atoms with E-state index in [9.17, 15) is 4.39 Å². The maximum absolute atomic E-state index is 13.6. The number of aromatic nitrogens is 1. The molecule has 1 aliphatic carbocycles. The fraction of sp³-hybridized carbons (Fsp3) is 0.300. The smallest absolute Gasteiger partial charge is 0.231 e. The van der Waals surface area contributed by atoms with Gasteiger partial charge in [0.05, 0.1) is 5.52 Å². The van der Waals surface area contributed by atoms with Gasteiger partial charge in [-0.2, -0.15) is 0 Å². The van der Waals surface area contributed by atoms with E-state index >= 15 is 0 Å². The first-order valence-electron chi connectivity index (χ1n) is 8.47. The number of fused-ring (bicyclic) bond motifs is 4. The van der Waals surface area contributed by atoms with Gasteiger partial charge in [-0.1, -0.05) is 12.1 Å². The maximum atomic E-state index is 13.6. The Hall–Kier alpha value is -2.49. The van der Waals surface area contributed by atoms with Gasteiger partial charge in [-0.15, -0.1) is 0 Å². The summed E-state index contributed by atoms with van der Waals surface area (Å²) >= 11 is 0. The van der Waals surface area contributed by atoms with Crippen LogP contribution in [-0.2, 0) is 19.4 Å². The van der Waals surface area contributed by atoms with Crippen molar-refractivity contribution >= 4 is 10.9 Å². The molecule has 2 heterocycles. The lowest BCUT2D eigenvalue weighted by Gasteiger charge is -2.16. The molecule has 0 N–H and O–H groups in total. The molecule has 0 bridgehead atoms. The normalized spacial score (nSPS) is 15.7. The molecular weight excluding hydrogens is 305 g/mol. The van der Waals surface area contributed by atoms with Crippen molar-refractivity contribution in [2.45, 2.75) is 32.2 Å². The predicted octanol–water partition coefficient (Wildman–Crippen LogP) is 4.44. The first kappa shape index (κ1) is 13.9. The molecule has 0 spiro atoms. The van der Waals surface area contributed by atoms with Crippen LogP contribution in [-0.4, -0.2) is 11.4 Å². The van der Waals surface area contributed by atoms with Gasteiger partial charge in [0.25, 0.3) is 0 Å². The number of aryl methyl sites for hydroxylation is 1. The van der Waals surface area contributed by atoms with Crippen molar-refractivity contribution < 1.29 is 13.9 Å². The molecule has 122 valence electrons. The van der Waals surface area contributed by atoms with E-state index in [0.717, 1.165) is 35.4 Å². The highest BCUT2D eigenvalue weighted by Gasteiger charge is 2.24. The van der Waals surface area contributed by atoms with Gasteiger partial charge in [0.2, 0.25) is 6.79 Å². The number of ether oxygens (including phenoxy) is 2. The summed E-state index contributed by atoms with van der Waals surface area (Å²) in [5.74, 6) is 1.45. The van der Waals surface area contributed by atoms with E-state index in [1.807, 2.05) is 6.07 Å². The molecule has 2 aliphatic rings. The molecule has 5 rings (SSSR count). The van der Waals surface area contributed by atoms with Crippen LogP contribution in [0, 0.1) is 5.82 Å². The number of hydrogen-bond acceptors (Lipinski definition) is 2. The van der Waals surface area contributed by atoms with E-state index < -0.39 is 0 Å². The van der Waals surface area contributed by atoms with Crippen molar-refractivity contribution in [1.29, 1.82) is 0 Å². The van der Waals surface area contributed by atoms with Crippen molar-refractivity contribution in [1.82, 2.24) is 4.57 Å². The van der Waals surface area contributed by atoms with Crippen molar-refractivity contribution in [2.24, 2.45) is 0 Å². The Bertz CT molecular complexity index is 944. The third kappa shape index (κ3) is 2.09. The molecule has 0 fully saturated rings. The maximum Gasteiger partial charge on any atom is 0.231 e. The lowest BCUT2D eigenvalue weighted by molar-refractivity contribution is 0.174. The van der Waals surface area contributed by atoms with Gasteiger partial charge in [0.15, 0.2) is 11.5 Å². The summed E-state index contributed by atoms with van der Waals surface area (Å²) in [6.07, 6.45) is 4.60. The van der Waals surface area contributed by atoms with Crippen LogP contribution in [0.1, 0.15) is 29.7 Å². The second-order valence-corrected chi connectivity index (χ2v) is 6.57. The largest absolute Gasteiger partial charge is 0.454 e. The first-order chi connectivity index (χ1) is 11.8. The Kier molecular flexibility index (Phi) is 3.05. The lowest BCUT2D eigenvalue weighted by Crippen LogP contribution is -2.09. The summed E-state index contributed by atoms with van der Waals surface area (Å²) in [6, 6.07) is 11.1. The number of hydrogen-bond donors (Lipinski definition) is 0. The van der Waals surface area contributed by atoms with E-state index in [1.54, 1.807) is 12.1 Å². The zero-order valence-electron chi connectivity index (χ0n) is 13.3. The molecular formula is C20H18FNO2. The summed E-state index contributed by atoms with van der Waals surface area (Å²) in [5, 5.41) is 1.25. The molecule has 3 aromatic rings. The molecule has 2 aromatic carbocycles. The van der Waals surface area contributed by atoms with Gasteiger partial charge >= 0.3 is 0 Å². The van der Waals surface area contributed by atoms with Crippen LogP contribution in [0.2, 0.25) is 0 Å². The zero-order chi connectivity index (χ0) is 16.1. The molecule has 0 amide bonds. The fourth-order valence-electron chi connectivity index (χ4n) is 4.02. The minimum absolute atomic E-state index is 0.185. The van der Waals surface area contributed by atoms with Crippen LogP contribution in [0.25, 0.3) is 10.9 Å². The van der Waals surface area contributed by atoms with E-state index in [2.05, 4.69) is 16.7 Å². The molecule has 1 aliphatic heterocycles. The number of nitrogens with zero attached hydrogens (tertiary/aromatic N) is 1. The van der Waals surface area contributed by atoms with Gasteiger partial charge in [-0.25, -0.2) is 4.39 Å². The summed E-state index contributed by atoms with van der Waals surface area (Å²) in [4.78, 5) is 0. The highest BCUT2D eigenvalue weighted by atomic mass is 19.1. The lowest BCUT2D eigenvalue weighted by atomic mass is 9.95. The van der Waals surface area contributed by atoms with Crippen molar-refractivity contribution in [2.75, 3.05) is 6.79 Å². The summed E-state index contributed by atoms with van der Waals surface area (Å²) < 4.78 is 27.0. The van der Waals surface area contributed by atoms with Crippen molar-refractivity contribution in [3.05, 3.63) is 59.0 Å². The second kappa shape index (κ2) is 5.26. The van der Waals surface area contributed by atoms with Crippen LogP contribution in [0.5, 0.6) is 11.5 Å². The molecule has 0 saturated heterocycles. The predicted molar refractivity (Wildman–Crippen MR) is 90.2 cm³/mol. The molecule has 1 aromatic heterocycles. The quantitative estimate of drug-likeness (QED) is 0.696. The minimum atomic E-state index is -0.185. The summed E-state index contributed by atoms with van der Waals surface area (Å²) in [7, 11) is 0. The molecule has 4 heteroatoms. The van der Waals surface area contributed by atoms with E-state index in [0.29, 0.717) is 6.54 Å². The SMILES string of the molecule is Fc1cccc(Cn2c3c(c4cc5c(cc42)OCO5)CCCC3)c1. The number of halogens is 1. The van der Waals surface area contributed by atoms with Gasteiger partial charge in [-0.05, 0) is 55.0 Å². The molecule has 0 unspecified atom stereocenters. The topological polar surface area (TPSA) is 23.4 Å². The summed E-state index contributed by atoms with van der Waals surface area (Å²) in [6.45, 7) is 0.970. The average molecular weight is 323 g/mol. The van der Waals surface area contributed by atoms with E-state index in [4.69, 9.17) is 9.47 Å². The Balaban J connectivity index is 1.71. The molecule has 0 saturated carbocycles. The number of rotatable bonds is 2. The van der Waals surface area contributed by atoms with Crippen molar-refractivity contribution in [3.63, 3.8) is 0 Å². The van der Waals surface area contributed by atoms with Crippen LogP contribution in [0.15, 0.2) is 36.4 Å². The average Bonchev–Trinajstić information content (AvgIpc) is 3.17. The Morgan fingerprint density at radius 3 is 2.71 bits per heavy atom. The molecule has 3 nitrogen and oxygen atoms in total. The van der Waals surface area contributed by atoms with Crippen LogP contribution in [0.4, 0.5) is 4.39 Å². The Morgan fingerprint density at radius 2 is 1.83 bits per heavy atom. The highest BCUT2D eigenvalue weighted by molar-refractivity contribution is 5.89. The van der Waals surface area contributed by atoms with Crippen LogP contribution < -0.4 is 9.47 Å². The van der Waals surface area contributed by atoms with E-state index in [-0.39, 0.29) is 12.6 Å². The third-order valence-corrected chi connectivity index (χ3v) is 5.10. The van der Waals surface area contributed by atoms with E-state index in [1.165, 1.54) is 35.6 Å². The number of benzene rings is 2. The standard InChI is InChI=1S/C20H18FNO2/c21-14-5-3-4-13(8-14)11-22-17-7-2-1-6-15(17)16-9-19-20(10-18(16)22)24-12-23-19/h3-5,8-10H,1-2,6-7,11-12H2. The molecule has 24 heavy (non-hydrogen) atoms. The molecule has 0 atom stereocenters. The first-order valence-corrected chi connectivity index (χ1v) is 8.47. The fourth-order valence-corrected chi connectivity index (χ4v) is 4.02.